The topological polar surface area (TPSA) is 121 Å². The third-order valence-electron chi connectivity index (χ3n) is 4.50. The molecule has 4 rings (SSSR count). The van der Waals surface area contributed by atoms with E-state index >= 15 is 0 Å². The Morgan fingerprint density at radius 3 is 2.63 bits per heavy atom. The number of alkyl halides is 3. The van der Waals surface area contributed by atoms with Gasteiger partial charge in [0.15, 0.2) is 0 Å². The molecular weight excluding hydrogens is 407 g/mol. The number of aliphatic carboxylic acids is 1. The maximum Gasteiger partial charge on any atom is 0.430 e. The van der Waals surface area contributed by atoms with Gasteiger partial charge in [-0.2, -0.15) is 13.2 Å². The normalized spacial score (nSPS) is 16.2. The molecule has 1 unspecified atom stereocenters. The Kier molecular flexibility index (Phi) is 5.90. The fourth-order valence-corrected chi connectivity index (χ4v) is 3.24. The lowest BCUT2D eigenvalue weighted by atomic mass is 10.0. The van der Waals surface area contributed by atoms with E-state index in [-0.39, 0.29) is 11.8 Å². The number of nitrogens with zero attached hydrogens (tertiary/aromatic N) is 2. The Hall–Kier alpha value is -3.63. The number of carboxylic acid groups (broad SMARTS) is 1. The molecule has 0 saturated carbocycles. The summed E-state index contributed by atoms with van der Waals surface area (Å²) in [7, 11) is 0. The summed E-state index contributed by atoms with van der Waals surface area (Å²) in [5.41, 5.74) is 0.210. The molecule has 0 aliphatic carbocycles. The van der Waals surface area contributed by atoms with E-state index in [0.717, 1.165) is 19.4 Å². The Labute approximate surface area is 167 Å². The van der Waals surface area contributed by atoms with E-state index in [1.165, 1.54) is 0 Å². The van der Waals surface area contributed by atoms with Gasteiger partial charge in [-0.05, 0) is 25.0 Å². The largest absolute Gasteiger partial charge is 0.542 e. The number of aromatic amines is 1. The summed E-state index contributed by atoms with van der Waals surface area (Å²) in [6.45, 7) is 0.768. The second-order valence-electron chi connectivity index (χ2n) is 6.39. The van der Waals surface area contributed by atoms with Crippen molar-refractivity contribution < 1.29 is 37.6 Å². The van der Waals surface area contributed by atoms with Crippen molar-refractivity contribution >= 4 is 22.9 Å². The summed E-state index contributed by atoms with van der Waals surface area (Å²) in [5, 5.41) is 20.0. The van der Waals surface area contributed by atoms with Crippen molar-refractivity contribution in [3.8, 4) is 5.75 Å². The molecule has 0 amide bonds. The summed E-state index contributed by atoms with van der Waals surface area (Å²) < 4.78 is 36.9. The van der Waals surface area contributed by atoms with Gasteiger partial charge >= 0.3 is 17.8 Å². The molecule has 3 aromatic rings. The number of fused-ring (bicyclic) bond motifs is 1. The molecule has 1 atom stereocenters. The molecule has 1 saturated heterocycles. The lowest BCUT2D eigenvalue weighted by molar-refractivity contribution is -0.368. The van der Waals surface area contributed by atoms with Crippen LogP contribution >= 0.6 is 0 Å². The number of carboxylic acids is 1. The number of H-pyrrole nitrogens is 1. The fourth-order valence-electron chi connectivity index (χ4n) is 3.24. The van der Waals surface area contributed by atoms with Crippen LogP contribution in [0.2, 0.25) is 0 Å². The van der Waals surface area contributed by atoms with E-state index in [0.29, 0.717) is 22.5 Å². The first-order chi connectivity index (χ1) is 14.2. The average molecular weight is 423 g/mol. The number of halogens is 3. The number of carbonyl (C=O) groups is 1. The van der Waals surface area contributed by atoms with E-state index in [4.69, 9.17) is 14.3 Å². The van der Waals surface area contributed by atoms with Crippen molar-refractivity contribution in [1.29, 1.82) is 0 Å². The van der Waals surface area contributed by atoms with Gasteiger partial charge in [-0.15, -0.1) is 0 Å². The van der Waals surface area contributed by atoms with Crippen molar-refractivity contribution in [3.63, 3.8) is 0 Å². The Bertz CT molecular complexity index is 1100. The van der Waals surface area contributed by atoms with Crippen molar-refractivity contribution in [1.82, 2.24) is 4.98 Å². The van der Waals surface area contributed by atoms with Crippen LogP contribution in [0, 0.1) is 0 Å². The van der Waals surface area contributed by atoms with E-state index in [1.807, 2.05) is 11.0 Å². The fraction of sp³-hybridized carbons (Fsp3) is 0.263. The molecule has 3 heterocycles. The van der Waals surface area contributed by atoms with Gasteiger partial charge in [-0.25, -0.2) is 9.78 Å². The minimum atomic E-state index is -5.19. The minimum absolute atomic E-state index is 0.00433. The second-order valence-corrected chi connectivity index (χ2v) is 6.39. The van der Waals surface area contributed by atoms with Crippen LogP contribution in [0.4, 0.5) is 19.1 Å². The summed E-state index contributed by atoms with van der Waals surface area (Å²) in [6, 6.07) is 8.57. The number of hydrogen-bond acceptors (Lipinski definition) is 7. The van der Waals surface area contributed by atoms with E-state index in [9.17, 15) is 23.1 Å². The smallest absolute Gasteiger partial charge is 0.430 e. The number of aromatic hydroxyl groups is 1. The first-order valence-electron chi connectivity index (χ1n) is 8.82. The highest BCUT2D eigenvalue weighted by atomic mass is 19.4. The number of rotatable bonds is 2. The predicted molar refractivity (Wildman–Crippen MR) is 95.3 cm³/mol. The number of hydrogen-bond donors (Lipinski definition) is 1. The number of para-hydroxylation sites is 1. The molecule has 0 radical (unpaired) electrons. The van der Waals surface area contributed by atoms with E-state index < -0.39 is 17.8 Å². The van der Waals surface area contributed by atoms with Crippen molar-refractivity contribution in [2.45, 2.75) is 25.1 Å². The number of nitrogens with one attached hydrogen (secondary N) is 1. The molecule has 30 heavy (non-hydrogen) atoms. The van der Waals surface area contributed by atoms with Gasteiger partial charge in [0.2, 0.25) is 0 Å². The molecule has 1 fully saturated rings. The predicted octanol–water partition coefficient (Wildman–Crippen LogP) is 1.35. The SMILES string of the molecule is O=C([O-])C(F)(F)F.O=c1oc2ccccc2c(O)c1C1CCCN1c1nccc[nH+]1. The van der Waals surface area contributed by atoms with Gasteiger partial charge < -0.3 is 19.4 Å². The van der Waals surface area contributed by atoms with Crippen molar-refractivity contribution in [2.75, 3.05) is 11.4 Å². The summed E-state index contributed by atoms with van der Waals surface area (Å²) in [6.07, 6.45) is -0.0216. The van der Waals surface area contributed by atoms with Gasteiger partial charge in [0, 0.05) is 6.07 Å². The van der Waals surface area contributed by atoms with Crippen LogP contribution < -0.4 is 20.6 Å². The molecule has 2 aromatic heterocycles. The van der Waals surface area contributed by atoms with Crippen LogP contribution in [0.15, 0.2) is 51.9 Å². The van der Waals surface area contributed by atoms with Gasteiger partial charge in [0.1, 0.15) is 35.1 Å². The third kappa shape index (κ3) is 4.34. The first-order valence-corrected chi connectivity index (χ1v) is 8.82. The maximum absolute atomic E-state index is 12.4. The molecule has 8 nitrogen and oxygen atoms in total. The van der Waals surface area contributed by atoms with Gasteiger partial charge in [-0.3, -0.25) is 4.90 Å². The zero-order valence-corrected chi connectivity index (χ0v) is 15.3. The highest BCUT2D eigenvalue weighted by Crippen LogP contribution is 2.38. The van der Waals surface area contributed by atoms with Crippen LogP contribution in [0.1, 0.15) is 24.4 Å². The molecule has 2 N–H and O–H groups in total. The summed E-state index contributed by atoms with van der Waals surface area (Å²) in [4.78, 5) is 30.6. The lowest BCUT2D eigenvalue weighted by Crippen LogP contribution is -2.37. The second kappa shape index (κ2) is 8.39. The third-order valence-corrected chi connectivity index (χ3v) is 4.50. The molecule has 1 aliphatic heterocycles. The lowest BCUT2D eigenvalue weighted by Gasteiger charge is -2.19. The highest BCUT2D eigenvalue weighted by molar-refractivity contribution is 5.84. The average Bonchev–Trinajstić information content (AvgIpc) is 3.18. The highest BCUT2D eigenvalue weighted by Gasteiger charge is 2.38. The molecule has 1 aliphatic rings. The van der Waals surface area contributed by atoms with Gasteiger partial charge in [0.25, 0.3) is 0 Å². The Morgan fingerprint density at radius 1 is 1.30 bits per heavy atom. The molecule has 1 aromatic carbocycles. The molecular formula is C19H16F3N3O5. The number of benzene rings is 1. The van der Waals surface area contributed by atoms with Crippen LogP contribution in [0.5, 0.6) is 5.75 Å². The standard InChI is InChI=1S/C17H15N3O3.C2HF3O2/c21-15-11-5-1-2-7-13(11)23-16(22)14(15)12-6-3-10-20(12)17-18-8-4-9-19-17;3-2(4,5)1(6)7/h1-2,4-5,7-9,12,21H,3,6,10H2;(H,6,7). The number of aromatic nitrogens is 2. The molecule has 0 bridgehead atoms. The van der Waals surface area contributed by atoms with Crippen LogP contribution in [-0.4, -0.2) is 28.8 Å². The van der Waals surface area contributed by atoms with E-state index in [2.05, 4.69) is 9.97 Å². The number of anilines is 1. The quantitative estimate of drug-likeness (QED) is 0.618. The first kappa shape index (κ1) is 21.1. The van der Waals surface area contributed by atoms with Crippen LogP contribution in [-0.2, 0) is 4.79 Å². The molecule has 158 valence electrons. The zero-order valence-electron chi connectivity index (χ0n) is 15.3. The number of carbonyl (C=O) groups excluding carboxylic acids is 1. The monoisotopic (exact) mass is 423 g/mol. The molecule has 11 heteroatoms. The van der Waals surface area contributed by atoms with Crippen LogP contribution in [0.3, 0.4) is 0 Å². The zero-order chi connectivity index (χ0) is 21.9. The minimum Gasteiger partial charge on any atom is -0.542 e. The summed E-state index contributed by atoms with van der Waals surface area (Å²) in [5.74, 6) is -2.32. The van der Waals surface area contributed by atoms with E-state index in [1.54, 1.807) is 36.7 Å². The van der Waals surface area contributed by atoms with Crippen molar-refractivity contribution in [2.24, 2.45) is 0 Å². The maximum atomic E-state index is 12.4. The van der Waals surface area contributed by atoms with Gasteiger partial charge in [-0.1, -0.05) is 17.1 Å². The van der Waals surface area contributed by atoms with Gasteiger partial charge in [0.05, 0.1) is 18.1 Å². The Morgan fingerprint density at radius 2 is 2.00 bits per heavy atom. The molecule has 0 spiro atoms. The summed E-state index contributed by atoms with van der Waals surface area (Å²) >= 11 is 0. The Balaban J connectivity index is 0.000000318. The van der Waals surface area contributed by atoms with Crippen LogP contribution in [0.25, 0.3) is 11.0 Å². The van der Waals surface area contributed by atoms with Crippen molar-refractivity contribution in [3.05, 3.63) is 58.7 Å².